The van der Waals surface area contributed by atoms with Crippen LogP contribution in [0.5, 0.6) is 11.5 Å². The second-order valence-electron chi connectivity index (χ2n) is 8.73. The molecular formula is C29H26BrN3O6. The van der Waals surface area contributed by atoms with Gasteiger partial charge in [-0.25, -0.2) is 9.69 Å². The maximum atomic E-state index is 13.1. The molecule has 0 unspecified atom stereocenters. The Kier molecular flexibility index (Phi) is 8.46. The van der Waals surface area contributed by atoms with Gasteiger partial charge >= 0.3 is 6.03 Å². The maximum Gasteiger partial charge on any atom is 0.335 e. The molecule has 3 aromatic rings. The molecule has 10 heteroatoms. The average Bonchev–Trinajstić information content (AvgIpc) is 2.89. The monoisotopic (exact) mass is 591 g/mol. The largest absolute Gasteiger partial charge is 0.494 e. The summed E-state index contributed by atoms with van der Waals surface area (Å²) >= 11 is 3.41. The summed E-state index contributed by atoms with van der Waals surface area (Å²) in [6.45, 7) is 6.00. The maximum absolute atomic E-state index is 13.1. The molecule has 0 bridgehead atoms. The number of ether oxygens (including phenoxy) is 2. The number of hydrogen-bond acceptors (Lipinski definition) is 6. The summed E-state index contributed by atoms with van der Waals surface area (Å²) in [5.41, 5.74) is 3.35. The first kappa shape index (κ1) is 27.6. The highest BCUT2D eigenvalue weighted by atomic mass is 79.9. The summed E-state index contributed by atoms with van der Waals surface area (Å²) in [6.07, 6.45) is 1.38. The molecule has 3 aromatic carbocycles. The second kappa shape index (κ2) is 12.0. The summed E-state index contributed by atoms with van der Waals surface area (Å²) in [5.74, 6) is -0.880. The van der Waals surface area contributed by atoms with Crippen LogP contribution in [0.3, 0.4) is 0 Å². The van der Waals surface area contributed by atoms with E-state index in [1.54, 1.807) is 42.5 Å². The molecule has 39 heavy (non-hydrogen) atoms. The Morgan fingerprint density at radius 2 is 1.74 bits per heavy atom. The lowest BCUT2D eigenvalue weighted by Crippen LogP contribution is -2.54. The molecule has 0 spiro atoms. The van der Waals surface area contributed by atoms with Crippen molar-refractivity contribution >= 4 is 57.1 Å². The number of nitrogens with one attached hydrogen (secondary N) is 2. The number of barbiturate groups is 1. The molecule has 0 aliphatic carbocycles. The Labute approximate surface area is 233 Å². The molecule has 0 radical (unpaired) electrons. The van der Waals surface area contributed by atoms with E-state index >= 15 is 0 Å². The van der Waals surface area contributed by atoms with Crippen LogP contribution in [0.4, 0.5) is 16.2 Å². The third kappa shape index (κ3) is 6.53. The highest BCUT2D eigenvalue weighted by Gasteiger charge is 2.36. The molecule has 1 saturated heterocycles. The minimum Gasteiger partial charge on any atom is -0.494 e. The van der Waals surface area contributed by atoms with E-state index in [1.807, 2.05) is 39.0 Å². The Balaban J connectivity index is 1.46. The number of nitrogens with zero attached hydrogens (tertiary/aromatic N) is 1. The SMILES string of the molecule is CCOc1ccc(N2C(=O)NC(=O)/C(=C\c3ccc(OCC(=O)Nc4ccc(C)cc4C)c(Br)c3)C2=O)cc1. The van der Waals surface area contributed by atoms with Crippen molar-refractivity contribution in [3.63, 3.8) is 0 Å². The van der Waals surface area contributed by atoms with E-state index < -0.39 is 17.8 Å². The molecule has 1 aliphatic rings. The number of halogens is 1. The Morgan fingerprint density at radius 1 is 1.00 bits per heavy atom. The third-order valence-corrected chi connectivity index (χ3v) is 6.41. The molecule has 2 N–H and O–H groups in total. The zero-order valence-corrected chi connectivity index (χ0v) is 23.1. The molecule has 0 atom stereocenters. The van der Waals surface area contributed by atoms with E-state index in [0.29, 0.717) is 39.5 Å². The number of imide groups is 2. The van der Waals surface area contributed by atoms with Gasteiger partial charge in [0.1, 0.15) is 17.1 Å². The van der Waals surface area contributed by atoms with Crippen molar-refractivity contribution in [3.8, 4) is 11.5 Å². The fourth-order valence-corrected chi connectivity index (χ4v) is 4.44. The van der Waals surface area contributed by atoms with E-state index in [-0.39, 0.29) is 18.1 Å². The summed E-state index contributed by atoms with van der Waals surface area (Å²) in [6, 6.07) is 16.2. The number of amides is 5. The molecule has 0 saturated carbocycles. The Hall–Kier alpha value is -4.44. The van der Waals surface area contributed by atoms with Crippen LogP contribution in [0, 0.1) is 13.8 Å². The van der Waals surface area contributed by atoms with Crippen molar-refractivity contribution in [2.45, 2.75) is 20.8 Å². The molecule has 1 fully saturated rings. The quantitative estimate of drug-likeness (QED) is 0.277. The van der Waals surface area contributed by atoms with Crippen LogP contribution in [0.1, 0.15) is 23.6 Å². The lowest BCUT2D eigenvalue weighted by atomic mass is 10.1. The molecule has 1 heterocycles. The van der Waals surface area contributed by atoms with Gasteiger partial charge in [-0.2, -0.15) is 0 Å². The lowest BCUT2D eigenvalue weighted by Gasteiger charge is -2.26. The lowest BCUT2D eigenvalue weighted by molar-refractivity contribution is -0.122. The summed E-state index contributed by atoms with van der Waals surface area (Å²) in [5, 5.41) is 5.02. The van der Waals surface area contributed by atoms with Gasteiger partial charge in [0.05, 0.1) is 16.8 Å². The van der Waals surface area contributed by atoms with Gasteiger partial charge in [-0.05, 0) is 96.4 Å². The smallest absolute Gasteiger partial charge is 0.335 e. The molecular weight excluding hydrogens is 566 g/mol. The van der Waals surface area contributed by atoms with Gasteiger partial charge in [-0.15, -0.1) is 0 Å². The van der Waals surface area contributed by atoms with Crippen molar-refractivity contribution in [1.29, 1.82) is 0 Å². The van der Waals surface area contributed by atoms with Crippen molar-refractivity contribution in [2.75, 3.05) is 23.4 Å². The summed E-state index contributed by atoms with van der Waals surface area (Å²) in [4.78, 5) is 51.4. The summed E-state index contributed by atoms with van der Waals surface area (Å²) in [7, 11) is 0. The van der Waals surface area contributed by atoms with Crippen LogP contribution in [-0.2, 0) is 14.4 Å². The number of hydrogen-bond donors (Lipinski definition) is 2. The van der Waals surface area contributed by atoms with Crippen LogP contribution in [-0.4, -0.2) is 37.0 Å². The normalized spacial score (nSPS) is 14.3. The zero-order chi connectivity index (χ0) is 28.1. The predicted octanol–water partition coefficient (Wildman–Crippen LogP) is 5.15. The van der Waals surface area contributed by atoms with Gasteiger partial charge in [0.25, 0.3) is 17.7 Å². The van der Waals surface area contributed by atoms with E-state index in [1.165, 1.54) is 6.08 Å². The van der Waals surface area contributed by atoms with Gasteiger partial charge in [0.2, 0.25) is 0 Å². The molecule has 9 nitrogen and oxygen atoms in total. The van der Waals surface area contributed by atoms with Gasteiger partial charge in [0.15, 0.2) is 6.61 Å². The number of carbonyl (C=O) groups excluding carboxylic acids is 4. The van der Waals surface area contributed by atoms with Gasteiger partial charge in [-0.1, -0.05) is 23.8 Å². The highest BCUT2D eigenvalue weighted by molar-refractivity contribution is 9.10. The third-order valence-electron chi connectivity index (χ3n) is 5.79. The van der Waals surface area contributed by atoms with E-state index in [9.17, 15) is 19.2 Å². The number of anilines is 2. The fourth-order valence-electron chi connectivity index (χ4n) is 3.92. The van der Waals surface area contributed by atoms with Crippen LogP contribution in [0.15, 0.2) is 70.7 Å². The van der Waals surface area contributed by atoms with E-state index in [4.69, 9.17) is 9.47 Å². The number of urea groups is 1. The molecule has 0 aromatic heterocycles. The topological polar surface area (TPSA) is 114 Å². The summed E-state index contributed by atoms with van der Waals surface area (Å²) < 4.78 is 11.6. The minimum absolute atomic E-state index is 0.211. The van der Waals surface area contributed by atoms with Crippen molar-refractivity contribution < 1.29 is 28.7 Å². The first-order valence-corrected chi connectivity index (χ1v) is 12.9. The van der Waals surface area contributed by atoms with Crippen molar-refractivity contribution in [1.82, 2.24) is 5.32 Å². The number of rotatable bonds is 8. The number of aryl methyl sites for hydroxylation is 2. The first-order chi connectivity index (χ1) is 18.7. The Morgan fingerprint density at radius 3 is 2.41 bits per heavy atom. The number of benzene rings is 3. The van der Waals surface area contributed by atoms with Gasteiger partial charge in [0, 0.05) is 5.69 Å². The highest BCUT2D eigenvalue weighted by Crippen LogP contribution is 2.29. The fraction of sp³-hybridized carbons (Fsp3) is 0.172. The standard InChI is InChI=1S/C29H26BrN3O6/c1-4-38-21-9-7-20(8-10-21)33-28(36)22(27(35)32-29(33)37)14-19-6-12-25(23(30)15-19)39-16-26(34)31-24-11-5-17(2)13-18(24)3/h5-15H,4,16H2,1-3H3,(H,31,34)(H,32,35,37)/b22-14+. The molecule has 200 valence electrons. The average molecular weight is 592 g/mol. The predicted molar refractivity (Wildman–Crippen MR) is 151 cm³/mol. The first-order valence-electron chi connectivity index (χ1n) is 12.1. The van der Waals surface area contributed by atoms with Crippen LogP contribution >= 0.6 is 15.9 Å². The van der Waals surface area contributed by atoms with Gasteiger partial charge < -0.3 is 14.8 Å². The van der Waals surface area contributed by atoms with Crippen LogP contribution in [0.25, 0.3) is 6.08 Å². The van der Waals surface area contributed by atoms with Crippen molar-refractivity contribution in [3.05, 3.63) is 87.4 Å². The van der Waals surface area contributed by atoms with E-state index in [2.05, 4.69) is 26.6 Å². The number of carbonyl (C=O) groups is 4. The molecule has 5 amide bonds. The molecule has 1 aliphatic heterocycles. The van der Waals surface area contributed by atoms with Crippen LogP contribution in [0.2, 0.25) is 0 Å². The van der Waals surface area contributed by atoms with Gasteiger partial charge in [-0.3, -0.25) is 19.7 Å². The van der Waals surface area contributed by atoms with Crippen LogP contribution < -0.4 is 25.0 Å². The zero-order valence-electron chi connectivity index (χ0n) is 21.5. The Bertz CT molecular complexity index is 1480. The van der Waals surface area contributed by atoms with E-state index in [0.717, 1.165) is 16.0 Å². The second-order valence-corrected chi connectivity index (χ2v) is 9.58. The minimum atomic E-state index is -0.838. The van der Waals surface area contributed by atoms with Crippen molar-refractivity contribution in [2.24, 2.45) is 0 Å². The molecule has 4 rings (SSSR count).